The van der Waals surface area contributed by atoms with Crippen LogP contribution in [0.1, 0.15) is 0 Å². The highest BCUT2D eigenvalue weighted by molar-refractivity contribution is 6.27. The third-order valence-corrected chi connectivity index (χ3v) is 12.7. The third kappa shape index (κ3) is 5.27. The largest absolute Gasteiger partial charge is 0.456 e. The van der Waals surface area contributed by atoms with Gasteiger partial charge in [-0.1, -0.05) is 127 Å². The maximum atomic E-state index is 6.60. The molecular weight excluding hydrogens is 755 g/mol. The van der Waals surface area contributed by atoms with Crippen LogP contribution in [0.2, 0.25) is 0 Å². The standard InChI is InChI=1S/C58H37N3O/c1-4-15-41(16-5-1)59(42-17-6-2-7-18-42)44-28-25-38(26-29-44)40-27-32-48-52-36-45(31-34-55(52)62-56(48)35-40)60(43-19-8-3-9-20-43)46-30-33-47-50-22-12-23-51-49-21-10-13-39-14-11-24-53(57(39)49)61(58(50)51)54(47)37-46/h1-37H. The van der Waals surface area contributed by atoms with Crippen LogP contribution in [0.25, 0.3) is 81.9 Å². The minimum atomic E-state index is 0.864. The highest BCUT2D eigenvalue weighted by Crippen LogP contribution is 2.45. The molecule has 3 aromatic heterocycles. The van der Waals surface area contributed by atoms with Crippen LogP contribution in [0.4, 0.5) is 34.1 Å². The lowest BCUT2D eigenvalue weighted by molar-refractivity contribution is 0.669. The van der Waals surface area contributed by atoms with Crippen LogP contribution in [-0.2, 0) is 0 Å². The molecule has 0 N–H and O–H groups in total. The zero-order valence-corrected chi connectivity index (χ0v) is 33.6. The van der Waals surface area contributed by atoms with Gasteiger partial charge in [-0.3, -0.25) is 0 Å². The average molecular weight is 792 g/mol. The molecule has 4 heteroatoms. The maximum Gasteiger partial charge on any atom is 0.136 e. The van der Waals surface area contributed by atoms with Gasteiger partial charge < -0.3 is 18.6 Å². The molecule has 0 fully saturated rings. The molecule has 0 aliphatic carbocycles. The van der Waals surface area contributed by atoms with Crippen molar-refractivity contribution >= 4 is 105 Å². The number of aromatic nitrogens is 1. The number of furan rings is 1. The summed E-state index contributed by atoms with van der Waals surface area (Å²) in [7, 11) is 0. The summed E-state index contributed by atoms with van der Waals surface area (Å²) in [5, 5.41) is 9.81. The van der Waals surface area contributed by atoms with Gasteiger partial charge in [-0.25, -0.2) is 0 Å². The Morgan fingerprint density at radius 1 is 0.306 bits per heavy atom. The summed E-state index contributed by atoms with van der Waals surface area (Å²) in [6, 6.07) is 80.7. The summed E-state index contributed by atoms with van der Waals surface area (Å²) >= 11 is 0. The van der Waals surface area contributed by atoms with Crippen molar-refractivity contribution < 1.29 is 4.42 Å². The minimum Gasteiger partial charge on any atom is -0.456 e. The van der Waals surface area contributed by atoms with Crippen molar-refractivity contribution in [3.63, 3.8) is 0 Å². The van der Waals surface area contributed by atoms with Gasteiger partial charge in [0, 0.05) is 66.4 Å². The molecule has 0 aliphatic heterocycles. The van der Waals surface area contributed by atoms with Crippen LogP contribution in [0, 0.1) is 0 Å². The molecule has 4 nitrogen and oxygen atoms in total. The number of nitrogens with zero attached hydrogens (tertiary/aromatic N) is 3. The zero-order valence-electron chi connectivity index (χ0n) is 33.6. The Kier molecular flexibility index (Phi) is 7.57. The predicted octanol–water partition coefficient (Wildman–Crippen LogP) is 16.5. The second kappa shape index (κ2) is 13.6. The van der Waals surface area contributed by atoms with Crippen molar-refractivity contribution in [3.8, 4) is 11.1 Å². The summed E-state index contributed by atoms with van der Waals surface area (Å²) < 4.78 is 9.09. The molecule has 0 amide bonds. The molecule has 0 unspecified atom stereocenters. The van der Waals surface area contributed by atoms with E-state index in [9.17, 15) is 0 Å². The first kappa shape index (κ1) is 34.5. The Balaban J connectivity index is 0.918. The minimum absolute atomic E-state index is 0.864. The van der Waals surface area contributed by atoms with E-state index >= 15 is 0 Å². The Hall–Kier alpha value is -8.34. The van der Waals surface area contributed by atoms with E-state index in [2.05, 4.69) is 239 Å². The van der Waals surface area contributed by atoms with Gasteiger partial charge in [0.1, 0.15) is 11.2 Å². The van der Waals surface area contributed by atoms with E-state index < -0.39 is 0 Å². The van der Waals surface area contributed by atoms with Crippen molar-refractivity contribution in [1.82, 2.24) is 4.40 Å². The molecule has 10 aromatic carbocycles. The number of hydrogen-bond acceptors (Lipinski definition) is 3. The fraction of sp³-hybridized carbons (Fsp3) is 0. The van der Waals surface area contributed by atoms with E-state index in [1.165, 1.54) is 48.9 Å². The lowest BCUT2D eigenvalue weighted by atomic mass is 9.99. The van der Waals surface area contributed by atoms with E-state index in [-0.39, 0.29) is 0 Å². The van der Waals surface area contributed by atoms with E-state index in [0.717, 1.165) is 67.2 Å². The Morgan fingerprint density at radius 2 is 0.839 bits per heavy atom. The second-order valence-corrected chi connectivity index (χ2v) is 16.1. The summed E-state index contributed by atoms with van der Waals surface area (Å²) in [6.07, 6.45) is 0. The Bertz CT molecular complexity index is 3750. The molecule has 0 aliphatic rings. The number of rotatable bonds is 7. The van der Waals surface area contributed by atoms with Gasteiger partial charge in [0.25, 0.3) is 0 Å². The Morgan fingerprint density at radius 3 is 1.55 bits per heavy atom. The second-order valence-electron chi connectivity index (χ2n) is 16.1. The highest BCUT2D eigenvalue weighted by atomic mass is 16.3. The molecule has 0 spiro atoms. The third-order valence-electron chi connectivity index (χ3n) is 12.7. The van der Waals surface area contributed by atoms with Crippen molar-refractivity contribution in [2.24, 2.45) is 0 Å². The van der Waals surface area contributed by atoms with Gasteiger partial charge in [0.05, 0.1) is 16.6 Å². The molecule has 3 heterocycles. The number of para-hydroxylation sites is 4. The van der Waals surface area contributed by atoms with E-state index in [4.69, 9.17) is 4.42 Å². The molecule has 0 atom stereocenters. The fourth-order valence-corrected chi connectivity index (χ4v) is 9.91. The number of benzene rings is 10. The summed E-state index contributed by atoms with van der Waals surface area (Å²) in [5.74, 6) is 0. The predicted molar refractivity (Wildman–Crippen MR) is 261 cm³/mol. The van der Waals surface area contributed by atoms with Gasteiger partial charge in [-0.05, 0) is 119 Å². The van der Waals surface area contributed by atoms with Crippen molar-refractivity contribution in [3.05, 3.63) is 224 Å². The van der Waals surface area contributed by atoms with Gasteiger partial charge in [-0.15, -0.1) is 0 Å². The molecule has 0 saturated carbocycles. The summed E-state index contributed by atoms with van der Waals surface area (Å²) in [4.78, 5) is 4.65. The first-order valence-corrected chi connectivity index (χ1v) is 21.2. The van der Waals surface area contributed by atoms with Crippen molar-refractivity contribution in [2.75, 3.05) is 9.80 Å². The van der Waals surface area contributed by atoms with Crippen LogP contribution < -0.4 is 9.80 Å². The normalized spacial score (nSPS) is 11.9. The zero-order chi connectivity index (χ0) is 40.7. The average Bonchev–Trinajstić information content (AvgIpc) is 3.87. The monoisotopic (exact) mass is 791 g/mol. The highest BCUT2D eigenvalue weighted by Gasteiger charge is 2.21. The van der Waals surface area contributed by atoms with Crippen molar-refractivity contribution in [1.29, 1.82) is 0 Å². The summed E-state index contributed by atoms with van der Waals surface area (Å²) in [6.45, 7) is 0. The molecule has 0 radical (unpaired) electrons. The van der Waals surface area contributed by atoms with Crippen LogP contribution >= 0.6 is 0 Å². The van der Waals surface area contributed by atoms with E-state index in [1.54, 1.807) is 0 Å². The van der Waals surface area contributed by atoms with E-state index in [0.29, 0.717) is 0 Å². The van der Waals surface area contributed by atoms with Crippen molar-refractivity contribution in [2.45, 2.75) is 0 Å². The van der Waals surface area contributed by atoms with Gasteiger partial charge >= 0.3 is 0 Å². The number of anilines is 6. The SMILES string of the molecule is c1ccc(N(c2ccccc2)c2ccc(-c3ccc4c(c3)oc3ccc(N(c5ccccc5)c5ccc6c7cccc8c9cccc%10cccc(c%109)n(c6c5)c87)cc34)cc2)cc1. The number of hydrogen-bond donors (Lipinski definition) is 0. The van der Waals surface area contributed by atoms with Crippen LogP contribution in [-0.4, -0.2) is 4.40 Å². The molecule has 0 bridgehead atoms. The van der Waals surface area contributed by atoms with Gasteiger partial charge in [-0.2, -0.15) is 0 Å². The first-order chi connectivity index (χ1) is 30.7. The quantitative estimate of drug-likeness (QED) is 0.119. The fourth-order valence-electron chi connectivity index (χ4n) is 9.91. The molecular formula is C58H37N3O. The molecule has 290 valence electrons. The van der Waals surface area contributed by atoms with Crippen LogP contribution in [0.15, 0.2) is 229 Å². The molecule has 62 heavy (non-hydrogen) atoms. The molecule has 13 rings (SSSR count). The van der Waals surface area contributed by atoms with Gasteiger partial charge in [0.15, 0.2) is 0 Å². The van der Waals surface area contributed by atoms with Crippen LogP contribution in [0.3, 0.4) is 0 Å². The lowest BCUT2D eigenvalue weighted by Gasteiger charge is -2.25. The summed E-state index contributed by atoms with van der Waals surface area (Å²) in [5.41, 5.74) is 14.2. The smallest absolute Gasteiger partial charge is 0.136 e. The topological polar surface area (TPSA) is 24.0 Å². The first-order valence-electron chi connectivity index (χ1n) is 21.2. The number of fused-ring (bicyclic) bond motifs is 8. The van der Waals surface area contributed by atoms with Crippen LogP contribution in [0.5, 0.6) is 0 Å². The number of pyridine rings is 1. The van der Waals surface area contributed by atoms with E-state index in [1.807, 2.05) is 0 Å². The maximum absolute atomic E-state index is 6.60. The molecule has 0 saturated heterocycles. The Labute approximate surface area is 357 Å². The molecule has 13 aromatic rings. The lowest BCUT2D eigenvalue weighted by Crippen LogP contribution is -2.09. The van der Waals surface area contributed by atoms with Gasteiger partial charge in [0.2, 0.25) is 0 Å².